The van der Waals surface area contributed by atoms with Crippen molar-refractivity contribution in [3.63, 3.8) is 0 Å². The third-order valence-corrected chi connectivity index (χ3v) is 5.35. The number of nitrogens with zero attached hydrogens (tertiary/aromatic N) is 1. The Kier molecular flexibility index (Phi) is 6.86. The van der Waals surface area contributed by atoms with Crippen LogP contribution in [0.1, 0.15) is 75.3 Å². The molecule has 0 amide bonds. The summed E-state index contributed by atoms with van der Waals surface area (Å²) < 4.78 is 0. The molecule has 2 aromatic rings. The van der Waals surface area contributed by atoms with Gasteiger partial charge in [-0.15, -0.1) is 0 Å². The Morgan fingerprint density at radius 3 is 2.50 bits per heavy atom. The number of aromatic nitrogens is 1. The van der Waals surface area contributed by atoms with Crippen molar-refractivity contribution in [3.05, 3.63) is 63.9 Å². The van der Waals surface area contributed by atoms with Gasteiger partial charge in [-0.1, -0.05) is 57.8 Å². The van der Waals surface area contributed by atoms with Crippen LogP contribution >= 0.6 is 11.6 Å². The first kappa shape index (κ1) is 19.0. The summed E-state index contributed by atoms with van der Waals surface area (Å²) in [6.07, 6.45) is 9.07. The Balaban J connectivity index is 0.00000208. The van der Waals surface area contributed by atoms with Crippen LogP contribution in [0.5, 0.6) is 0 Å². The van der Waals surface area contributed by atoms with Gasteiger partial charge in [0.2, 0.25) is 0 Å². The van der Waals surface area contributed by atoms with Crippen LogP contribution in [0.4, 0.5) is 0 Å². The molecule has 0 bridgehead atoms. The first-order valence-corrected chi connectivity index (χ1v) is 9.34. The third kappa shape index (κ3) is 3.83. The van der Waals surface area contributed by atoms with Gasteiger partial charge in [0.15, 0.2) is 0 Å². The van der Waals surface area contributed by atoms with Crippen LogP contribution in [0.3, 0.4) is 0 Å². The van der Waals surface area contributed by atoms with Crippen molar-refractivity contribution < 1.29 is 0 Å². The highest BCUT2D eigenvalue weighted by Crippen LogP contribution is 2.42. The number of pyridine rings is 1. The van der Waals surface area contributed by atoms with Crippen LogP contribution in [0.15, 0.2) is 36.5 Å². The fourth-order valence-electron chi connectivity index (χ4n) is 4.15. The molecule has 1 heterocycles. The van der Waals surface area contributed by atoms with Gasteiger partial charge < -0.3 is 0 Å². The highest BCUT2D eigenvalue weighted by Gasteiger charge is 2.30. The molecule has 3 rings (SSSR count). The van der Waals surface area contributed by atoms with Gasteiger partial charge in [-0.05, 0) is 66.5 Å². The Hall–Kier alpha value is -1.34. The van der Waals surface area contributed by atoms with Crippen LogP contribution in [-0.2, 0) is 12.8 Å². The Bertz CT molecular complexity index is 659. The van der Waals surface area contributed by atoms with E-state index in [1.54, 1.807) is 0 Å². The zero-order valence-corrected chi connectivity index (χ0v) is 14.9. The maximum Gasteiger partial charge on any atom is 0.0513 e. The summed E-state index contributed by atoms with van der Waals surface area (Å²) in [5.74, 6) is 1.08. The van der Waals surface area contributed by atoms with Gasteiger partial charge >= 0.3 is 0 Å². The van der Waals surface area contributed by atoms with E-state index in [-0.39, 0.29) is 7.43 Å². The molecule has 2 heteroatoms. The largest absolute Gasteiger partial charge is 0.260 e. The lowest BCUT2D eigenvalue weighted by atomic mass is 9.77. The molecule has 1 aromatic heterocycles. The fourth-order valence-corrected chi connectivity index (χ4v) is 4.34. The van der Waals surface area contributed by atoms with E-state index in [2.05, 4.69) is 44.2 Å². The van der Waals surface area contributed by atoms with E-state index in [4.69, 9.17) is 16.6 Å². The van der Waals surface area contributed by atoms with E-state index in [0.717, 1.165) is 17.9 Å². The summed E-state index contributed by atoms with van der Waals surface area (Å²) in [6, 6.07) is 10.8. The number of hydrogen-bond acceptors (Lipinski definition) is 1. The van der Waals surface area contributed by atoms with E-state index >= 15 is 0 Å². The SMILES string of the molecule is C.CCCC(CCC)C1c2ccc(Cl)cc2CCc2cccnc21. The monoisotopic (exact) mass is 343 g/mol. The normalized spacial score (nSPS) is 16.1. The smallest absolute Gasteiger partial charge is 0.0513 e. The van der Waals surface area contributed by atoms with Crippen LogP contribution in [0, 0.1) is 5.92 Å². The average molecular weight is 344 g/mol. The second-order valence-electron chi connectivity index (χ2n) is 6.71. The number of halogens is 1. The molecule has 0 saturated carbocycles. The minimum absolute atomic E-state index is 0. The highest BCUT2D eigenvalue weighted by atomic mass is 35.5. The number of aryl methyl sites for hydroxylation is 2. The predicted molar refractivity (Wildman–Crippen MR) is 105 cm³/mol. The van der Waals surface area contributed by atoms with Gasteiger partial charge in [-0.2, -0.15) is 0 Å². The highest BCUT2D eigenvalue weighted by molar-refractivity contribution is 6.30. The summed E-state index contributed by atoms with van der Waals surface area (Å²) in [6.45, 7) is 4.59. The van der Waals surface area contributed by atoms with Crippen molar-refractivity contribution in [2.45, 2.75) is 65.7 Å². The number of hydrogen-bond donors (Lipinski definition) is 0. The zero-order valence-electron chi connectivity index (χ0n) is 14.2. The average Bonchev–Trinajstić information content (AvgIpc) is 2.71. The second kappa shape index (κ2) is 8.67. The van der Waals surface area contributed by atoms with Gasteiger partial charge in [-0.25, -0.2) is 0 Å². The van der Waals surface area contributed by atoms with Crippen molar-refractivity contribution in [2.75, 3.05) is 0 Å². The molecule has 1 unspecified atom stereocenters. The summed E-state index contributed by atoms with van der Waals surface area (Å²) in [4.78, 5) is 4.83. The first-order chi connectivity index (χ1) is 11.2. The van der Waals surface area contributed by atoms with Crippen LogP contribution < -0.4 is 0 Å². The van der Waals surface area contributed by atoms with Crippen molar-refractivity contribution in [1.29, 1.82) is 0 Å². The predicted octanol–water partition coefficient (Wildman–Crippen LogP) is 6.82. The van der Waals surface area contributed by atoms with Crippen molar-refractivity contribution in [1.82, 2.24) is 4.98 Å². The molecule has 0 radical (unpaired) electrons. The van der Waals surface area contributed by atoms with E-state index in [9.17, 15) is 0 Å². The van der Waals surface area contributed by atoms with Gasteiger partial charge in [0.1, 0.15) is 0 Å². The Labute approximate surface area is 152 Å². The maximum atomic E-state index is 6.28. The molecule has 130 valence electrons. The van der Waals surface area contributed by atoms with E-state index in [1.807, 2.05) is 6.20 Å². The van der Waals surface area contributed by atoms with Crippen LogP contribution in [0.2, 0.25) is 5.02 Å². The molecule has 1 aliphatic rings. The fraction of sp³-hybridized carbons (Fsp3) is 0.500. The molecule has 0 N–H and O–H groups in total. The number of fused-ring (bicyclic) bond motifs is 2. The summed E-state index contributed by atoms with van der Waals surface area (Å²) in [5.41, 5.74) is 5.60. The zero-order chi connectivity index (χ0) is 16.2. The second-order valence-corrected chi connectivity index (χ2v) is 7.14. The molecular formula is C22H30ClN. The van der Waals surface area contributed by atoms with Gasteiger partial charge in [0.05, 0.1) is 5.69 Å². The summed E-state index contributed by atoms with van der Waals surface area (Å²) in [7, 11) is 0. The van der Waals surface area contributed by atoms with E-state index in [0.29, 0.717) is 11.8 Å². The maximum absolute atomic E-state index is 6.28. The van der Waals surface area contributed by atoms with Gasteiger partial charge in [0, 0.05) is 17.1 Å². The molecule has 0 aliphatic heterocycles. The minimum atomic E-state index is 0. The lowest BCUT2D eigenvalue weighted by Gasteiger charge is -2.28. The molecule has 0 saturated heterocycles. The molecule has 0 fully saturated rings. The van der Waals surface area contributed by atoms with Crippen molar-refractivity contribution >= 4 is 11.6 Å². The minimum Gasteiger partial charge on any atom is -0.260 e. The lowest BCUT2D eigenvalue weighted by molar-refractivity contribution is 0.390. The number of benzene rings is 1. The van der Waals surface area contributed by atoms with Crippen LogP contribution in [0.25, 0.3) is 0 Å². The first-order valence-electron chi connectivity index (χ1n) is 8.96. The topological polar surface area (TPSA) is 12.9 Å². The quantitative estimate of drug-likeness (QED) is 0.580. The molecule has 1 nitrogen and oxygen atoms in total. The van der Waals surface area contributed by atoms with Crippen molar-refractivity contribution in [2.24, 2.45) is 5.92 Å². The molecule has 1 aromatic carbocycles. The molecule has 1 atom stereocenters. The lowest BCUT2D eigenvalue weighted by Crippen LogP contribution is -2.17. The number of rotatable bonds is 5. The standard InChI is InChI=1S/C21H26ClN.CH4/c1-3-6-15(7-4-2)20-19-12-11-18(22)14-17(19)10-9-16-8-5-13-23-21(16)20;/h5,8,11-15,20H,3-4,6-7,9-10H2,1-2H3;1H4. The summed E-state index contributed by atoms with van der Waals surface area (Å²) in [5, 5.41) is 0.851. The van der Waals surface area contributed by atoms with Crippen molar-refractivity contribution in [3.8, 4) is 0 Å². The molecule has 24 heavy (non-hydrogen) atoms. The Morgan fingerprint density at radius 1 is 1.08 bits per heavy atom. The van der Waals surface area contributed by atoms with E-state index in [1.165, 1.54) is 48.1 Å². The Morgan fingerprint density at radius 2 is 1.79 bits per heavy atom. The third-order valence-electron chi connectivity index (χ3n) is 5.11. The molecule has 0 spiro atoms. The summed E-state index contributed by atoms with van der Waals surface area (Å²) >= 11 is 6.28. The van der Waals surface area contributed by atoms with Crippen LogP contribution in [-0.4, -0.2) is 4.98 Å². The molecular weight excluding hydrogens is 314 g/mol. The van der Waals surface area contributed by atoms with Gasteiger partial charge in [-0.3, -0.25) is 4.98 Å². The van der Waals surface area contributed by atoms with E-state index < -0.39 is 0 Å². The van der Waals surface area contributed by atoms with Gasteiger partial charge in [0.25, 0.3) is 0 Å². The molecule has 1 aliphatic carbocycles.